The van der Waals surface area contributed by atoms with Gasteiger partial charge in [0.2, 0.25) is 0 Å². The molecule has 8 bridgehead atoms. The highest BCUT2D eigenvalue weighted by Gasteiger charge is 2.32. The van der Waals surface area contributed by atoms with Gasteiger partial charge in [-0.15, -0.1) is 0 Å². The van der Waals surface area contributed by atoms with Crippen molar-refractivity contribution >= 4 is 0 Å². The number of rotatable bonds is 8. The monoisotopic (exact) mass is 788 g/mol. The van der Waals surface area contributed by atoms with Gasteiger partial charge in [-0.25, -0.2) is 0 Å². The van der Waals surface area contributed by atoms with Crippen LogP contribution in [-0.4, -0.2) is 35.0 Å². The van der Waals surface area contributed by atoms with Gasteiger partial charge in [0.05, 0.1) is 28.4 Å². The van der Waals surface area contributed by atoms with E-state index in [1.54, 1.807) is 28.4 Å². The Bertz CT molecular complexity index is 2040. The largest absolute Gasteiger partial charge is 0.496 e. The van der Waals surface area contributed by atoms with Crippen molar-refractivity contribution in [1.82, 2.24) is 0 Å². The Morgan fingerprint density at radius 1 is 0.483 bits per heavy atom. The summed E-state index contributed by atoms with van der Waals surface area (Å²) in [6.45, 7) is 27.7. The van der Waals surface area contributed by atoms with E-state index in [4.69, 9.17) is 18.9 Å². The molecule has 0 N–H and O–H groups in total. The van der Waals surface area contributed by atoms with Crippen molar-refractivity contribution in [3.63, 3.8) is 0 Å². The molecule has 0 atom stereocenters. The Morgan fingerprint density at radius 2 is 0.759 bits per heavy atom. The summed E-state index contributed by atoms with van der Waals surface area (Å²) >= 11 is 0. The summed E-state index contributed by atoms with van der Waals surface area (Å²) in [4.78, 5) is 3.10. The first-order valence-electron chi connectivity index (χ1n) is 20.9. The minimum atomic E-state index is -0.151. The van der Waals surface area contributed by atoms with Gasteiger partial charge in [0.25, 0.3) is 0 Å². The van der Waals surface area contributed by atoms with Crippen molar-refractivity contribution in [2.24, 2.45) is 5.11 Å². The second-order valence-corrected chi connectivity index (χ2v) is 20.4. The normalized spacial score (nSPS) is 13.8. The van der Waals surface area contributed by atoms with E-state index in [2.05, 4.69) is 142 Å². The zero-order chi connectivity index (χ0) is 43.0. The third-order valence-electron chi connectivity index (χ3n) is 11.9. The first-order chi connectivity index (χ1) is 27.0. The molecular formula is C51H69N3O4. The summed E-state index contributed by atoms with van der Waals surface area (Å²) in [5, 5.41) is 3.97. The van der Waals surface area contributed by atoms with E-state index in [1.165, 1.54) is 22.3 Å². The van der Waals surface area contributed by atoms with Crippen LogP contribution in [0.5, 0.6) is 23.0 Å². The maximum absolute atomic E-state index is 9.28. The molecule has 0 heterocycles. The SMILES string of the molecule is COc1c2cc(C(C)(C)C)cc1Cc1cc(C(C)(C)C)cc(c1OC)C(CCCN=[N+]=[N-])c1cc(C(C)(C)C)cc(c1OC)Cc1cc(C(C)(C)C)cc(c1OC)C2. The second-order valence-electron chi connectivity index (χ2n) is 20.4. The predicted molar refractivity (Wildman–Crippen MR) is 240 cm³/mol. The molecule has 0 spiro atoms. The molecular weight excluding hydrogens is 719 g/mol. The van der Waals surface area contributed by atoms with E-state index >= 15 is 0 Å². The molecule has 7 nitrogen and oxygen atoms in total. The summed E-state index contributed by atoms with van der Waals surface area (Å²) in [6, 6.07) is 18.7. The van der Waals surface area contributed by atoms with E-state index in [9.17, 15) is 5.53 Å². The first-order valence-corrected chi connectivity index (χ1v) is 20.9. The van der Waals surface area contributed by atoms with Crippen LogP contribution in [0.25, 0.3) is 10.4 Å². The van der Waals surface area contributed by atoms with E-state index < -0.39 is 0 Å². The van der Waals surface area contributed by atoms with Gasteiger partial charge in [0.1, 0.15) is 23.0 Å². The molecule has 4 aromatic carbocycles. The Kier molecular flexibility index (Phi) is 13.0. The van der Waals surface area contributed by atoms with Gasteiger partial charge in [-0.1, -0.05) is 137 Å². The van der Waals surface area contributed by atoms with E-state index in [0.29, 0.717) is 32.2 Å². The van der Waals surface area contributed by atoms with Crippen LogP contribution in [0, 0.1) is 0 Å². The highest BCUT2D eigenvalue weighted by molar-refractivity contribution is 5.61. The third kappa shape index (κ3) is 9.47. The third-order valence-corrected chi connectivity index (χ3v) is 11.9. The molecule has 0 radical (unpaired) electrons. The van der Waals surface area contributed by atoms with E-state index in [-0.39, 0.29) is 27.6 Å². The van der Waals surface area contributed by atoms with Gasteiger partial charge in [0, 0.05) is 47.8 Å². The molecule has 0 saturated heterocycles. The van der Waals surface area contributed by atoms with Crippen molar-refractivity contribution < 1.29 is 18.9 Å². The van der Waals surface area contributed by atoms with Gasteiger partial charge in [0.15, 0.2) is 0 Å². The highest BCUT2D eigenvalue weighted by atomic mass is 16.5. The smallest absolute Gasteiger partial charge is 0.126 e. The molecule has 1 aliphatic carbocycles. The topological polar surface area (TPSA) is 85.7 Å². The maximum Gasteiger partial charge on any atom is 0.126 e. The van der Waals surface area contributed by atoms with Gasteiger partial charge >= 0.3 is 0 Å². The molecule has 1 aliphatic rings. The molecule has 0 saturated carbocycles. The number of fused-ring (bicyclic) bond motifs is 8. The average molecular weight is 788 g/mol. The van der Waals surface area contributed by atoms with Crippen LogP contribution in [0.2, 0.25) is 0 Å². The number of hydrogen-bond acceptors (Lipinski definition) is 5. The minimum absolute atomic E-state index is 0.108. The number of hydrogen-bond donors (Lipinski definition) is 0. The Labute approximate surface area is 349 Å². The fourth-order valence-electron chi connectivity index (χ4n) is 8.50. The zero-order valence-electron chi connectivity index (χ0n) is 38.4. The molecule has 0 unspecified atom stereocenters. The van der Waals surface area contributed by atoms with Crippen molar-refractivity contribution in [2.45, 2.75) is 143 Å². The lowest BCUT2D eigenvalue weighted by Crippen LogP contribution is -2.18. The highest BCUT2D eigenvalue weighted by Crippen LogP contribution is 2.48. The molecule has 58 heavy (non-hydrogen) atoms. The summed E-state index contributed by atoms with van der Waals surface area (Å²) in [7, 11) is 7.18. The van der Waals surface area contributed by atoms with Crippen molar-refractivity contribution in [2.75, 3.05) is 35.0 Å². The Balaban J connectivity index is 2.04. The summed E-state index contributed by atoms with van der Waals surface area (Å²) in [5.41, 5.74) is 22.6. The van der Waals surface area contributed by atoms with Crippen LogP contribution < -0.4 is 18.9 Å². The maximum atomic E-state index is 9.28. The molecule has 0 amide bonds. The fraction of sp³-hybridized carbons (Fsp3) is 0.529. The van der Waals surface area contributed by atoms with Gasteiger partial charge in [-0.2, -0.15) is 0 Å². The lowest BCUT2D eigenvalue weighted by Gasteiger charge is -2.31. The molecule has 5 rings (SSSR count). The van der Waals surface area contributed by atoms with Crippen LogP contribution >= 0.6 is 0 Å². The summed E-state index contributed by atoms with van der Waals surface area (Å²) < 4.78 is 26.0. The van der Waals surface area contributed by atoms with Crippen LogP contribution in [0.4, 0.5) is 0 Å². The number of methoxy groups -OCH3 is 4. The van der Waals surface area contributed by atoms with Crippen LogP contribution in [0.3, 0.4) is 0 Å². The molecule has 7 heteroatoms. The number of ether oxygens (including phenoxy) is 4. The number of benzene rings is 4. The number of azide groups is 1. The lowest BCUT2D eigenvalue weighted by atomic mass is 9.76. The van der Waals surface area contributed by atoms with Crippen molar-refractivity contribution in [3.05, 3.63) is 126 Å². The van der Waals surface area contributed by atoms with Gasteiger partial charge < -0.3 is 18.9 Å². The zero-order valence-corrected chi connectivity index (χ0v) is 38.4. The minimum Gasteiger partial charge on any atom is -0.496 e. The quantitative estimate of drug-likeness (QED) is 0.0770. The standard InChI is InChI=1S/C51H69N3O4/c1-48(2,3)37-23-31-20-32-24-38(49(4,5)6)26-34(45(32)56-14)22-36-28-40(51(10,11)12)30-43(47(36)58-16)41(18-17-19-53-54-52)42-29-39(50(7,8)9)27-35(46(42)57-15)21-33(25-37)44(31)55-13/h23-30,41H,17-22H2,1-16H3. The Hall–Kier alpha value is -4.61. The molecule has 4 aromatic rings. The molecule has 0 aromatic heterocycles. The van der Waals surface area contributed by atoms with Gasteiger partial charge in [-0.3, -0.25) is 0 Å². The van der Waals surface area contributed by atoms with Crippen molar-refractivity contribution in [1.29, 1.82) is 0 Å². The Morgan fingerprint density at radius 3 is 1.02 bits per heavy atom. The van der Waals surface area contributed by atoms with Crippen molar-refractivity contribution in [3.8, 4) is 23.0 Å². The average Bonchev–Trinajstić information content (AvgIpc) is 3.12. The second kappa shape index (κ2) is 16.9. The fourth-order valence-corrected chi connectivity index (χ4v) is 8.50. The summed E-state index contributed by atoms with van der Waals surface area (Å²) in [5.74, 6) is 3.38. The van der Waals surface area contributed by atoms with E-state index in [0.717, 1.165) is 73.9 Å². The predicted octanol–water partition coefficient (Wildman–Crippen LogP) is 13.2. The molecule has 312 valence electrons. The molecule has 0 fully saturated rings. The van der Waals surface area contributed by atoms with E-state index in [1.807, 2.05) is 0 Å². The van der Waals surface area contributed by atoms with Crippen LogP contribution in [0.15, 0.2) is 53.6 Å². The van der Waals surface area contributed by atoms with Crippen LogP contribution in [0.1, 0.15) is 169 Å². The lowest BCUT2D eigenvalue weighted by molar-refractivity contribution is 0.389. The van der Waals surface area contributed by atoms with Crippen LogP contribution in [-0.2, 0) is 40.9 Å². The van der Waals surface area contributed by atoms with Gasteiger partial charge in [-0.05, 0) is 95.7 Å². The first kappa shape index (κ1) is 44.5. The number of nitrogens with zero attached hydrogens (tertiary/aromatic N) is 3. The summed E-state index contributed by atoms with van der Waals surface area (Å²) in [6.07, 6.45) is 3.29. The molecule has 0 aliphatic heterocycles.